The summed E-state index contributed by atoms with van der Waals surface area (Å²) in [5.41, 5.74) is 3.92. The van der Waals surface area contributed by atoms with E-state index in [1.54, 1.807) is 12.1 Å². The molecule has 0 saturated heterocycles. The van der Waals surface area contributed by atoms with Gasteiger partial charge < -0.3 is 10.2 Å². The predicted molar refractivity (Wildman–Crippen MR) is 152 cm³/mol. The molecule has 35 heavy (non-hydrogen) atoms. The minimum absolute atomic E-state index is 0.348. The summed E-state index contributed by atoms with van der Waals surface area (Å²) >= 11 is 0. The van der Waals surface area contributed by atoms with Crippen LogP contribution in [0.1, 0.15) is 140 Å². The fourth-order valence-electron chi connectivity index (χ4n) is 5.70. The van der Waals surface area contributed by atoms with E-state index < -0.39 is 5.41 Å². The van der Waals surface area contributed by atoms with Crippen LogP contribution < -0.4 is 0 Å². The standard InChI is InChI=1S/C33H52O2/c1-5-7-9-11-13-15-17-21-27-23-19-25-29(34)31(27)33(3,4)32-28(24-20-26-30(32)35)22-18-16-14-12-10-8-6-2/h19-20,23-26,34-35H,5-18,21-22H2,1-4H3. The van der Waals surface area contributed by atoms with Gasteiger partial charge in [-0.15, -0.1) is 0 Å². The zero-order valence-electron chi connectivity index (χ0n) is 23.2. The molecule has 0 aliphatic rings. The number of phenols is 2. The molecule has 0 heterocycles. The Bertz CT molecular complexity index is 783. The first-order chi connectivity index (χ1) is 16.9. The van der Waals surface area contributed by atoms with Gasteiger partial charge in [0.1, 0.15) is 11.5 Å². The topological polar surface area (TPSA) is 40.5 Å². The third kappa shape index (κ3) is 9.21. The predicted octanol–water partition coefficient (Wildman–Crippen LogP) is 10.0. The maximum absolute atomic E-state index is 11.0. The van der Waals surface area contributed by atoms with Gasteiger partial charge in [0.05, 0.1) is 0 Å². The fraction of sp³-hybridized carbons (Fsp3) is 0.636. The number of aryl methyl sites for hydroxylation is 2. The van der Waals surface area contributed by atoms with Gasteiger partial charge in [0.15, 0.2) is 0 Å². The molecular weight excluding hydrogens is 428 g/mol. The Kier molecular flexibility index (Phi) is 13.3. The van der Waals surface area contributed by atoms with E-state index in [1.165, 1.54) is 88.2 Å². The van der Waals surface area contributed by atoms with Crippen LogP contribution in [0.3, 0.4) is 0 Å². The van der Waals surface area contributed by atoms with Crippen LogP contribution in [0, 0.1) is 0 Å². The van der Waals surface area contributed by atoms with Crippen molar-refractivity contribution < 1.29 is 10.2 Å². The summed E-state index contributed by atoms with van der Waals surface area (Å²) in [5, 5.41) is 22.0. The van der Waals surface area contributed by atoms with E-state index in [2.05, 4.69) is 39.8 Å². The Morgan fingerprint density at radius 2 is 0.857 bits per heavy atom. The van der Waals surface area contributed by atoms with Gasteiger partial charge >= 0.3 is 0 Å². The molecule has 2 N–H and O–H groups in total. The number of hydrogen-bond acceptors (Lipinski definition) is 2. The molecule has 0 bridgehead atoms. The molecule has 0 saturated carbocycles. The van der Waals surface area contributed by atoms with Gasteiger partial charge in [-0.25, -0.2) is 0 Å². The largest absolute Gasteiger partial charge is 0.508 e. The van der Waals surface area contributed by atoms with Crippen LogP contribution in [-0.2, 0) is 18.3 Å². The van der Waals surface area contributed by atoms with Crippen molar-refractivity contribution in [3.05, 3.63) is 58.7 Å². The molecule has 196 valence electrons. The van der Waals surface area contributed by atoms with E-state index >= 15 is 0 Å². The molecule has 2 heteroatoms. The highest BCUT2D eigenvalue weighted by molar-refractivity contribution is 5.55. The van der Waals surface area contributed by atoms with Crippen LogP contribution in [-0.4, -0.2) is 10.2 Å². The smallest absolute Gasteiger partial charge is 0.119 e. The van der Waals surface area contributed by atoms with Crippen molar-refractivity contribution in [1.82, 2.24) is 0 Å². The van der Waals surface area contributed by atoms with Gasteiger partial charge in [-0.1, -0.05) is 129 Å². The summed E-state index contributed by atoms with van der Waals surface area (Å²) in [5.74, 6) is 0.696. The van der Waals surface area contributed by atoms with Crippen molar-refractivity contribution in [2.24, 2.45) is 0 Å². The number of unbranched alkanes of at least 4 members (excludes halogenated alkanes) is 12. The van der Waals surface area contributed by atoms with Crippen molar-refractivity contribution in [2.45, 2.75) is 136 Å². The summed E-state index contributed by atoms with van der Waals surface area (Å²) in [6, 6.07) is 11.9. The molecule has 2 aromatic rings. The molecule has 0 aliphatic heterocycles. The average Bonchev–Trinajstić information content (AvgIpc) is 2.82. The first-order valence-corrected chi connectivity index (χ1v) is 14.6. The van der Waals surface area contributed by atoms with E-state index in [4.69, 9.17) is 0 Å². The van der Waals surface area contributed by atoms with Crippen LogP contribution in [0.5, 0.6) is 11.5 Å². The molecule has 0 spiro atoms. The number of aromatic hydroxyl groups is 2. The first kappa shape index (κ1) is 29.3. The molecule has 0 aliphatic carbocycles. The highest BCUT2D eigenvalue weighted by Crippen LogP contribution is 2.44. The number of benzene rings is 2. The van der Waals surface area contributed by atoms with Gasteiger partial charge in [-0.2, -0.15) is 0 Å². The van der Waals surface area contributed by atoms with Gasteiger partial charge in [-0.3, -0.25) is 0 Å². The van der Waals surface area contributed by atoms with Gasteiger partial charge in [0, 0.05) is 16.5 Å². The second-order valence-corrected chi connectivity index (χ2v) is 11.0. The Morgan fingerprint density at radius 3 is 1.23 bits per heavy atom. The summed E-state index contributed by atoms with van der Waals surface area (Å²) in [6.07, 6.45) is 19.9. The Balaban J connectivity index is 2.13. The molecule has 2 nitrogen and oxygen atoms in total. The molecule has 0 aromatic heterocycles. The third-order valence-corrected chi connectivity index (χ3v) is 7.61. The zero-order chi connectivity index (χ0) is 25.5. The van der Waals surface area contributed by atoms with Crippen molar-refractivity contribution in [3.8, 4) is 11.5 Å². The lowest BCUT2D eigenvalue weighted by Gasteiger charge is -2.32. The van der Waals surface area contributed by atoms with Gasteiger partial charge in [0.2, 0.25) is 0 Å². The van der Waals surface area contributed by atoms with Crippen LogP contribution in [0.25, 0.3) is 0 Å². The Labute approximate surface area is 216 Å². The summed E-state index contributed by atoms with van der Waals surface area (Å²) in [6.45, 7) is 8.85. The van der Waals surface area contributed by atoms with E-state index in [-0.39, 0.29) is 0 Å². The Hall–Kier alpha value is -1.96. The highest BCUT2D eigenvalue weighted by atomic mass is 16.3. The minimum Gasteiger partial charge on any atom is -0.508 e. The molecule has 0 fully saturated rings. The van der Waals surface area contributed by atoms with E-state index in [1.807, 2.05) is 12.1 Å². The minimum atomic E-state index is -0.469. The van der Waals surface area contributed by atoms with Crippen molar-refractivity contribution in [2.75, 3.05) is 0 Å². The summed E-state index contributed by atoms with van der Waals surface area (Å²) in [4.78, 5) is 0. The van der Waals surface area contributed by atoms with Crippen LogP contribution in [0.15, 0.2) is 36.4 Å². The van der Waals surface area contributed by atoms with Crippen LogP contribution >= 0.6 is 0 Å². The zero-order valence-corrected chi connectivity index (χ0v) is 23.2. The lowest BCUT2D eigenvalue weighted by Crippen LogP contribution is -2.23. The average molecular weight is 481 g/mol. The molecule has 2 aromatic carbocycles. The first-order valence-electron chi connectivity index (χ1n) is 14.6. The normalized spacial score (nSPS) is 11.8. The molecular formula is C33H52O2. The Morgan fingerprint density at radius 1 is 0.514 bits per heavy atom. The number of rotatable bonds is 18. The molecule has 0 atom stereocenters. The highest BCUT2D eigenvalue weighted by Gasteiger charge is 2.33. The number of phenolic OH excluding ortho intramolecular Hbond substituents is 2. The summed E-state index contributed by atoms with van der Waals surface area (Å²) in [7, 11) is 0. The summed E-state index contributed by atoms with van der Waals surface area (Å²) < 4.78 is 0. The van der Waals surface area contributed by atoms with E-state index in [0.29, 0.717) is 11.5 Å². The maximum atomic E-state index is 11.0. The SMILES string of the molecule is CCCCCCCCCc1cccc(O)c1C(C)(C)c1c(O)cccc1CCCCCCCCC. The van der Waals surface area contributed by atoms with Gasteiger partial charge in [0.25, 0.3) is 0 Å². The molecule has 2 rings (SSSR count). The van der Waals surface area contributed by atoms with E-state index in [9.17, 15) is 10.2 Å². The van der Waals surface area contributed by atoms with Gasteiger partial charge in [-0.05, 0) is 48.9 Å². The quantitative estimate of drug-likeness (QED) is 0.208. The lowest BCUT2D eigenvalue weighted by molar-refractivity contribution is 0.431. The molecule has 0 radical (unpaired) electrons. The second-order valence-electron chi connectivity index (χ2n) is 11.0. The van der Waals surface area contributed by atoms with Crippen LogP contribution in [0.4, 0.5) is 0 Å². The second kappa shape index (κ2) is 15.9. The fourth-order valence-corrected chi connectivity index (χ4v) is 5.70. The van der Waals surface area contributed by atoms with Crippen molar-refractivity contribution in [1.29, 1.82) is 0 Å². The maximum Gasteiger partial charge on any atom is 0.119 e. The monoisotopic (exact) mass is 480 g/mol. The third-order valence-electron chi connectivity index (χ3n) is 7.61. The van der Waals surface area contributed by atoms with Crippen molar-refractivity contribution >= 4 is 0 Å². The van der Waals surface area contributed by atoms with E-state index in [0.717, 1.165) is 36.8 Å². The van der Waals surface area contributed by atoms with Crippen molar-refractivity contribution in [3.63, 3.8) is 0 Å². The molecule has 0 unspecified atom stereocenters. The lowest BCUT2D eigenvalue weighted by atomic mass is 9.72. The molecule has 0 amide bonds. The number of hydrogen-bond donors (Lipinski definition) is 2. The van der Waals surface area contributed by atoms with Crippen LogP contribution in [0.2, 0.25) is 0 Å².